The number of carbonyl (C=O) groups is 1. The molecule has 0 spiro atoms. The van der Waals surface area contributed by atoms with E-state index in [1.165, 1.54) is 0 Å². The van der Waals surface area contributed by atoms with Gasteiger partial charge in [-0.15, -0.1) is 0 Å². The van der Waals surface area contributed by atoms with Gasteiger partial charge in [0.2, 0.25) is 0 Å². The molecule has 3 aromatic rings. The lowest BCUT2D eigenvalue weighted by atomic mass is 10.1. The van der Waals surface area contributed by atoms with Crippen LogP contribution >= 0.6 is 11.6 Å². The second-order valence-corrected chi connectivity index (χ2v) is 8.02. The van der Waals surface area contributed by atoms with Crippen LogP contribution in [0.4, 0.5) is 0 Å². The van der Waals surface area contributed by atoms with E-state index in [-0.39, 0.29) is 5.91 Å². The normalized spacial score (nSPS) is 14.2. The van der Waals surface area contributed by atoms with Crippen LogP contribution in [0.15, 0.2) is 48.5 Å². The summed E-state index contributed by atoms with van der Waals surface area (Å²) in [6.45, 7) is 4.49. The Kier molecular flexibility index (Phi) is 7.49. The van der Waals surface area contributed by atoms with Crippen molar-refractivity contribution in [2.45, 2.75) is 0 Å². The van der Waals surface area contributed by atoms with Crippen LogP contribution in [0.1, 0.15) is 10.5 Å². The summed E-state index contributed by atoms with van der Waals surface area (Å²) < 4.78 is 17.8. The molecule has 0 atom stereocenters. The van der Waals surface area contributed by atoms with Gasteiger partial charge in [0.15, 0.2) is 0 Å². The van der Waals surface area contributed by atoms with E-state index in [4.69, 9.17) is 30.9 Å². The molecule has 2 aromatic carbocycles. The van der Waals surface area contributed by atoms with Crippen molar-refractivity contribution in [2.24, 2.45) is 0 Å². The van der Waals surface area contributed by atoms with E-state index in [0.29, 0.717) is 40.1 Å². The number of nitrogens with zero attached hydrogens (tertiary/aromatic N) is 3. The minimum absolute atomic E-state index is 0.213. The van der Waals surface area contributed by atoms with Gasteiger partial charge in [0.25, 0.3) is 5.91 Å². The van der Waals surface area contributed by atoms with Gasteiger partial charge < -0.3 is 19.5 Å². The molecule has 0 saturated carbocycles. The predicted molar refractivity (Wildman–Crippen MR) is 127 cm³/mol. The second kappa shape index (κ2) is 10.7. The highest BCUT2D eigenvalue weighted by Crippen LogP contribution is 2.33. The van der Waals surface area contributed by atoms with Crippen molar-refractivity contribution >= 4 is 17.5 Å². The topological polar surface area (TPSA) is 77.9 Å². The van der Waals surface area contributed by atoms with Crippen LogP contribution in [0.25, 0.3) is 16.9 Å². The lowest BCUT2D eigenvalue weighted by Gasteiger charge is -2.26. The monoisotopic (exact) mass is 470 g/mol. The zero-order valence-corrected chi connectivity index (χ0v) is 19.5. The van der Waals surface area contributed by atoms with Gasteiger partial charge in [-0.25, -0.2) is 4.68 Å². The first-order valence-electron chi connectivity index (χ1n) is 10.8. The van der Waals surface area contributed by atoms with Crippen LogP contribution < -0.4 is 14.8 Å². The van der Waals surface area contributed by atoms with Crippen molar-refractivity contribution in [3.63, 3.8) is 0 Å². The maximum Gasteiger partial charge on any atom is 0.270 e. The Balaban J connectivity index is 1.63. The molecule has 174 valence electrons. The molecule has 1 amide bonds. The fraction of sp³-hybridized carbons (Fsp3) is 0.333. The fourth-order valence-electron chi connectivity index (χ4n) is 3.73. The van der Waals surface area contributed by atoms with E-state index in [1.54, 1.807) is 43.2 Å². The molecule has 0 radical (unpaired) electrons. The van der Waals surface area contributed by atoms with Gasteiger partial charge in [0.1, 0.15) is 17.2 Å². The molecule has 1 aliphatic rings. The van der Waals surface area contributed by atoms with E-state index < -0.39 is 0 Å². The summed E-state index contributed by atoms with van der Waals surface area (Å²) in [4.78, 5) is 15.4. The third-order valence-electron chi connectivity index (χ3n) is 5.50. The first kappa shape index (κ1) is 23.1. The third-order valence-corrected chi connectivity index (χ3v) is 5.73. The van der Waals surface area contributed by atoms with Gasteiger partial charge in [-0.3, -0.25) is 9.69 Å². The molecule has 0 aliphatic carbocycles. The summed E-state index contributed by atoms with van der Waals surface area (Å²) in [5, 5.41) is 8.30. The lowest BCUT2D eigenvalue weighted by Crippen LogP contribution is -2.41. The number of morpholine rings is 1. The van der Waals surface area contributed by atoms with Crippen molar-refractivity contribution in [1.29, 1.82) is 0 Å². The summed E-state index contributed by atoms with van der Waals surface area (Å²) in [5.74, 6) is 1.06. The smallest absolute Gasteiger partial charge is 0.270 e. The van der Waals surface area contributed by atoms with Gasteiger partial charge in [-0.2, -0.15) is 5.10 Å². The van der Waals surface area contributed by atoms with Crippen LogP contribution in [0, 0.1) is 0 Å². The first-order chi connectivity index (χ1) is 16.1. The summed E-state index contributed by atoms with van der Waals surface area (Å²) in [5.41, 5.74) is 2.46. The molecule has 1 fully saturated rings. The van der Waals surface area contributed by atoms with E-state index in [2.05, 4.69) is 10.2 Å². The molecule has 8 nitrogen and oxygen atoms in total. The number of ether oxygens (including phenoxy) is 3. The number of methoxy groups -OCH3 is 2. The minimum Gasteiger partial charge on any atom is -0.497 e. The standard InChI is InChI=1S/C24H27ClN4O4/c1-31-19-6-7-20(23(15-19)32-2)21-16-22(29(27-21)18-5-3-4-17(25)14-18)24(30)26-8-9-28-10-12-33-13-11-28/h3-7,14-16H,8-13H2,1-2H3,(H,26,30). The molecule has 1 aliphatic heterocycles. The zero-order valence-electron chi connectivity index (χ0n) is 18.7. The van der Waals surface area contributed by atoms with E-state index in [9.17, 15) is 4.79 Å². The zero-order chi connectivity index (χ0) is 23.2. The van der Waals surface area contributed by atoms with Crippen LogP contribution in [0.2, 0.25) is 5.02 Å². The van der Waals surface area contributed by atoms with Gasteiger partial charge in [0, 0.05) is 42.8 Å². The van der Waals surface area contributed by atoms with Crippen LogP contribution in [0.5, 0.6) is 11.5 Å². The molecule has 33 heavy (non-hydrogen) atoms. The lowest BCUT2D eigenvalue weighted by molar-refractivity contribution is 0.0383. The van der Waals surface area contributed by atoms with Gasteiger partial charge in [-0.05, 0) is 36.4 Å². The number of nitrogens with one attached hydrogen (secondary N) is 1. The Hall–Kier alpha value is -3.07. The average Bonchev–Trinajstić information content (AvgIpc) is 3.29. The van der Waals surface area contributed by atoms with E-state index in [0.717, 1.165) is 38.4 Å². The Morgan fingerprint density at radius 1 is 1.12 bits per heavy atom. The second-order valence-electron chi connectivity index (χ2n) is 7.58. The molecule has 0 bridgehead atoms. The quantitative estimate of drug-likeness (QED) is 0.544. The molecule has 2 heterocycles. The summed E-state index contributed by atoms with van der Waals surface area (Å²) in [7, 11) is 3.19. The molecule has 9 heteroatoms. The number of aromatic nitrogens is 2. The van der Waals surface area contributed by atoms with Crippen LogP contribution in [-0.2, 0) is 4.74 Å². The Bertz CT molecular complexity index is 1110. The maximum absolute atomic E-state index is 13.2. The van der Waals surface area contributed by atoms with Gasteiger partial charge >= 0.3 is 0 Å². The molecule has 0 unspecified atom stereocenters. The molecular weight excluding hydrogens is 444 g/mol. The highest BCUT2D eigenvalue weighted by molar-refractivity contribution is 6.30. The number of carbonyl (C=O) groups excluding carboxylic acids is 1. The maximum atomic E-state index is 13.2. The number of rotatable bonds is 8. The number of halogens is 1. The highest BCUT2D eigenvalue weighted by atomic mass is 35.5. The number of amides is 1. The molecule has 4 rings (SSSR count). The molecular formula is C24H27ClN4O4. The van der Waals surface area contributed by atoms with E-state index in [1.807, 2.05) is 24.3 Å². The first-order valence-corrected chi connectivity index (χ1v) is 11.1. The van der Waals surface area contributed by atoms with E-state index >= 15 is 0 Å². The van der Waals surface area contributed by atoms with Crippen molar-refractivity contribution in [1.82, 2.24) is 20.0 Å². The molecule has 1 N–H and O–H groups in total. The van der Waals surface area contributed by atoms with Gasteiger partial charge in [0.05, 0.1) is 38.8 Å². The van der Waals surface area contributed by atoms with Crippen molar-refractivity contribution in [2.75, 3.05) is 53.6 Å². The predicted octanol–water partition coefficient (Wildman–Crippen LogP) is 3.27. The van der Waals surface area contributed by atoms with Crippen molar-refractivity contribution in [3.05, 3.63) is 59.2 Å². The summed E-state index contributed by atoms with van der Waals surface area (Å²) in [6, 6.07) is 14.5. The Morgan fingerprint density at radius 2 is 1.94 bits per heavy atom. The average molecular weight is 471 g/mol. The minimum atomic E-state index is -0.213. The highest BCUT2D eigenvalue weighted by Gasteiger charge is 2.20. The van der Waals surface area contributed by atoms with Crippen molar-refractivity contribution in [3.8, 4) is 28.4 Å². The van der Waals surface area contributed by atoms with Crippen LogP contribution in [-0.4, -0.2) is 74.2 Å². The van der Waals surface area contributed by atoms with Gasteiger partial charge in [-0.1, -0.05) is 17.7 Å². The number of hydrogen-bond acceptors (Lipinski definition) is 6. The summed E-state index contributed by atoms with van der Waals surface area (Å²) >= 11 is 6.21. The SMILES string of the molecule is COc1ccc(-c2cc(C(=O)NCCN3CCOCC3)n(-c3cccc(Cl)c3)n2)c(OC)c1. The fourth-order valence-corrected chi connectivity index (χ4v) is 3.92. The molecule has 1 aromatic heterocycles. The molecule has 1 saturated heterocycles. The Morgan fingerprint density at radius 3 is 2.67 bits per heavy atom. The largest absolute Gasteiger partial charge is 0.497 e. The number of benzene rings is 2. The van der Waals surface area contributed by atoms with Crippen molar-refractivity contribution < 1.29 is 19.0 Å². The summed E-state index contributed by atoms with van der Waals surface area (Å²) in [6.07, 6.45) is 0. The van der Waals surface area contributed by atoms with Crippen LogP contribution in [0.3, 0.4) is 0 Å². The number of hydrogen-bond donors (Lipinski definition) is 1. The Labute approximate surface area is 198 Å². The third kappa shape index (κ3) is 5.47.